The van der Waals surface area contributed by atoms with Crippen LogP contribution in [0.25, 0.3) is 0 Å². The molecule has 29 heavy (non-hydrogen) atoms. The Morgan fingerprint density at radius 1 is 0.828 bits per heavy atom. The van der Waals surface area contributed by atoms with E-state index in [0.717, 1.165) is 24.6 Å². The van der Waals surface area contributed by atoms with E-state index in [1.54, 1.807) is 7.11 Å². The van der Waals surface area contributed by atoms with Gasteiger partial charge in [-0.25, -0.2) is 0 Å². The number of para-hydroxylation sites is 1. The largest absolute Gasteiger partial charge is 0.497 e. The van der Waals surface area contributed by atoms with Crippen molar-refractivity contribution < 1.29 is 14.6 Å². The summed E-state index contributed by atoms with van der Waals surface area (Å²) in [6.45, 7) is 4.38. The van der Waals surface area contributed by atoms with Crippen LogP contribution in [0.2, 0.25) is 0 Å². The highest BCUT2D eigenvalue weighted by Gasteiger charge is 2.14. The SMILES string of the molecule is COc1ccc(CN(Cc2cccc(C)c2)C[C@@H](O)COc2ccccc2)cc1. The highest BCUT2D eigenvalue weighted by atomic mass is 16.5. The van der Waals surface area contributed by atoms with E-state index in [1.807, 2.05) is 42.5 Å². The topological polar surface area (TPSA) is 41.9 Å². The van der Waals surface area contributed by atoms with Gasteiger partial charge in [0.2, 0.25) is 0 Å². The van der Waals surface area contributed by atoms with E-state index in [0.29, 0.717) is 6.54 Å². The summed E-state index contributed by atoms with van der Waals surface area (Å²) in [5.41, 5.74) is 3.64. The van der Waals surface area contributed by atoms with E-state index in [2.05, 4.69) is 48.2 Å². The van der Waals surface area contributed by atoms with Crippen molar-refractivity contribution in [3.8, 4) is 11.5 Å². The van der Waals surface area contributed by atoms with Crippen molar-refractivity contribution in [3.63, 3.8) is 0 Å². The summed E-state index contributed by atoms with van der Waals surface area (Å²) in [6, 6.07) is 26.1. The van der Waals surface area contributed by atoms with Gasteiger partial charge in [0.05, 0.1) is 7.11 Å². The second-order valence-electron chi connectivity index (χ2n) is 7.28. The number of aliphatic hydroxyl groups is 1. The van der Waals surface area contributed by atoms with Gasteiger partial charge in [-0.3, -0.25) is 4.90 Å². The van der Waals surface area contributed by atoms with Crippen LogP contribution in [-0.2, 0) is 13.1 Å². The highest BCUT2D eigenvalue weighted by Crippen LogP contribution is 2.16. The maximum absolute atomic E-state index is 10.6. The fourth-order valence-corrected chi connectivity index (χ4v) is 3.30. The van der Waals surface area contributed by atoms with Gasteiger partial charge in [0.1, 0.15) is 24.2 Å². The number of rotatable bonds is 10. The number of aliphatic hydroxyl groups excluding tert-OH is 1. The summed E-state index contributed by atoms with van der Waals surface area (Å²) in [6.07, 6.45) is -0.585. The van der Waals surface area contributed by atoms with E-state index in [9.17, 15) is 5.11 Å². The predicted octanol–water partition coefficient (Wildman–Crippen LogP) is 4.45. The third-order valence-electron chi connectivity index (χ3n) is 4.71. The Kier molecular flexibility index (Phi) is 7.68. The Morgan fingerprint density at radius 2 is 1.55 bits per heavy atom. The zero-order valence-corrected chi connectivity index (χ0v) is 17.1. The molecule has 3 rings (SSSR count). The van der Waals surface area contributed by atoms with Gasteiger partial charge in [-0.05, 0) is 42.3 Å². The third kappa shape index (κ3) is 6.93. The average molecular weight is 392 g/mol. The molecule has 152 valence electrons. The quantitative estimate of drug-likeness (QED) is 0.555. The Balaban J connectivity index is 1.65. The van der Waals surface area contributed by atoms with Crippen molar-refractivity contribution in [2.75, 3.05) is 20.3 Å². The molecule has 0 aliphatic carbocycles. The van der Waals surface area contributed by atoms with E-state index in [-0.39, 0.29) is 6.61 Å². The zero-order valence-electron chi connectivity index (χ0n) is 17.1. The molecule has 3 aromatic carbocycles. The Bertz CT molecular complexity index is 865. The van der Waals surface area contributed by atoms with Gasteiger partial charge in [-0.1, -0.05) is 60.2 Å². The minimum Gasteiger partial charge on any atom is -0.497 e. The number of hydrogen-bond donors (Lipinski definition) is 1. The van der Waals surface area contributed by atoms with Crippen LogP contribution in [0.15, 0.2) is 78.9 Å². The molecule has 0 heterocycles. The molecule has 0 aliphatic heterocycles. The van der Waals surface area contributed by atoms with Gasteiger partial charge in [0.25, 0.3) is 0 Å². The first-order valence-corrected chi connectivity index (χ1v) is 9.89. The number of methoxy groups -OCH3 is 1. The summed E-state index contributed by atoms with van der Waals surface area (Å²) < 4.78 is 11.0. The highest BCUT2D eigenvalue weighted by molar-refractivity contribution is 5.27. The lowest BCUT2D eigenvalue weighted by Crippen LogP contribution is -2.35. The Hall–Kier alpha value is -2.82. The second-order valence-corrected chi connectivity index (χ2v) is 7.28. The van der Waals surface area contributed by atoms with Gasteiger partial charge in [0, 0.05) is 19.6 Å². The number of benzene rings is 3. The van der Waals surface area contributed by atoms with Crippen LogP contribution in [0.4, 0.5) is 0 Å². The van der Waals surface area contributed by atoms with Crippen LogP contribution in [0.3, 0.4) is 0 Å². The molecule has 0 unspecified atom stereocenters. The molecule has 0 spiro atoms. The van der Waals surface area contributed by atoms with E-state index < -0.39 is 6.10 Å². The predicted molar refractivity (Wildman–Crippen MR) is 116 cm³/mol. The maximum Gasteiger partial charge on any atom is 0.119 e. The molecule has 4 nitrogen and oxygen atoms in total. The normalized spacial score (nSPS) is 12.0. The first kappa shape index (κ1) is 20.9. The Labute approximate surface area is 173 Å². The molecule has 0 amide bonds. The molecule has 0 bridgehead atoms. The summed E-state index contributed by atoms with van der Waals surface area (Å²) >= 11 is 0. The van der Waals surface area contributed by atoms with Gasteiger partial charge >= 0.3 is 0 Å². The molecule has 0 radical (unpaired) electrons. The molecule has 4 heteroatoms. The standard InChI is InChI=1S/C25H29NO3/c1-20-7-6-8-22(15-20)17-26(16-21-11-13-24(28-2)14-12-21)18-23(27)19-29-25-9-4-3-5-10-25/h3-15,23,27H,16-19H2,1-2H3/t23-/m1/s1. The van der Waals surface area contributed by atoms with Crippen LogP contribution in [0, 0.1) is 6.92 Å². The van der Waals surface area contributed by atoms with Crippen molar-refractivity contribution in [1.82, 2.24) is 4.90 Å². The molecule has 0 saturated heterocycles. The number of aryl methyl sites for hydroxylation is 1. The van der Waals surface area contributed by atoms with Crippen LogP contribution in [0.5, 0.6) is 11.5 Å². The number of nitrogens with zero attached hydrogens (tertiary/aromatic N) is 1. The molecule has 0 aliphatic rings. The lowest BCUT2D eigenvalue weighted by Gasteiger charge is -2.25. The molecule has 1 atom stereocenters. The summed E-state index contributed by atoms with van der Waals surface area (Å²) in [5, 5.41) is 10.6. The summed E-state index contributed by atoms with van der Waals surface area (Å²) in [5.74, 6) is 1.61. The Morgan fingerprint density at radius 3 is 2.24 bits per heavy atom. The van der Waals surface area contributed by atoms with Gasteiger partial charge in [-0.15, -0.1) is 0 Å². The third-order valence-corrected chi connectivity index (χ3v) is 4.71. The molecule has 3 aromatic rings. The number of ether oxygens (including phenoxy) is 2. The average Bonchev–Trinajstić information content (AvgIpc) is 2.73. The van der Waals surface area contributed by atoms with Gasteiger partial charge < -0.3 is 14.6 Å². The van der Waals surface area contributed by atoms with Crippen LogP contribution < -0.4 is 9.47 Å². The molecular weight excluding hydrogens is 362 g/mol. The van der Waals surface area contributed by atoms with E-state index in [4.69, 9.17) is 9.47 Å². The zero-order chi connectivity index (χ0) is 20.5. The molecular formula is C25H29NO3. The minimum absolute atomic E-state index is 0.261. The fraction of sp³-hybridized carbons (Fsp3) is 0.280. The number of hydrogen-bond acceptors (Lipinski definition) is 4. The molecule has 1 N–H and O–H groups in total. The van der Waals surface area contributed by atoms with Crippen molar-refractivity contribution in [1.29, 1.82) is 0 Å². The maximum atomic E-state index is 10.6. The van der Waals surface area contributed by atoms with E-state index in [1.165, 1.54) is 16.7 Å². The second kappa shape index (κ2) is 10.6. The first-order valence-electron chi connectivity index (χ1n) is 9.89. The van der Waals surface area contributed by atoms with E-state index >= 15 is 0 Å². The van der Waals surface area contributed by atoms with Gasteiger partial charge in [0.15, 0.2) is 0 Å². The molecule has 0 fully saturated rings. The van der Waals surface area contributed by atoms with Crippen LogP contribution in [0.1, 0.15) is 16.7 Å². The van der Waals surface area contributed by atoms with Crippen LogP contribution in [-0.4, -0.2) is 36.4 Å². The van der Waals surface area contributed by atoms with Gasteiger partial charge in [-0.2, -0.15) is 0 Å². The molecule has 0 saturated carbocycles. The van der Waals surface area contributed by atoms with Crippen LogP contribution >= 0.6 is 0 Å². The monoisotopic (exact) mass is 391 g/mol. The van der Waals surface area contributed by atoms with Crippen molar-refractivity contribution >= 4 is 0 Å². The molecule has 0 aromatic heterocycles. The van der Waals surface area contributed by atoms with Crippen molar-refractivity contribution in [2.24, 2.45) is 0 Å². The summed E-state index contributed by atoms with van der Waals surface area (Å²) in [7, 11) is 1.67. The lowest BCUT2D eigenvalue weighted by atomic mass is 10.1. The van der Waals surface area contributed by atoms with Crippen molar-refractivity contribution in [3.05, 3.63) is 95.6 Å². The lowest BCUT2D eigenvalue weighted by molar-refractivity contribution is 0.0628. The summed E-state index contributed by atoms with van der Waals surface area (Å²) in [4.78, 5) is 2.25. The fourth-order valence-electron chi connectivity index (χ4n) is 3.30. The van der Waals surface area contributed by atoms with Crippen molar-refractivity contribution in [2.45, 2.75) is 26.1 Å². The first-order chi connectivity index (χ1) is 14.1. The smallest absolute Gasteiger partial charge is 0.119 e. The minimum atomic E-state index is -0.585.